The van der Waals surface area contributed by atoms with Crippen LogP contribution in [0.3, 0.4) is 0 Å². The summed E-state index contributed by atoms with van der Waals surface area (Å²) in [5, 5.41) is 34.7. The maximum absolute atomic E-state index is 15.1. The first-order valence-electron chi connectivity index (χ1n) is 18.3. The fourth-order valence-corrected chi connectivity index (χ4v) is 8.74. The molecule has 2 unspecified atom stereocenters. The van der Waals surface area contributed by atoms with Gasteiger partial charge in [-0.05, 0) is 106 Å². The number of aryl methyl sites for hydroxylation is 1. The predicted molar refractivity (Wildman–Crippen MR) is 197 cm³/mol. The Morgan fingerprint density at radius 2 is 1.57 bits per heavy atom. The number of aliphatic hydroxyl groups is 2. The lowest BCUT2D eigenvalue weighted by atomic mass is 9.74. The highest BCUT2D eigenvalue weighted by Gasteiger charge is 2.55. The average molecular weight is 731 g/mol. The van der Waals surface area contributed by atoms with E-state index in [0.29, 0.717) is 17.5 Å². The molecule has 53 heavy (non-hydrogen) atoms. The van der Waals surface area contributed by atoms with Crippen LogP contribution in [-0.4, -0.2) is 107 Å². The largest absolute Gasteiger partial charge is 0.507 e. The molecule has 0 spiro atoms. The molecule has 0 amide bonds. The molecule has 10 atom stereocenters. The Balaban J connectivity index is 1.48. The van der Waals surface area contributed by atoms with Crippen LogP contribution in [0.15, 0.2) is 39.6 Å². The zero-order valence-corrected chi connectivity index (χ0v) is 32.0. The summed E-state index contributed by atoms with van der Waals surface area (Å²) in [6.07, 6.45) is -0.576. The molecule has 2 aromatic carbocycles. The summed E-state index contributed by atoms with van der Waals surface area (Å²) in [4.78, 5) is 47.5. The summed E-state index contributed by atoms with van der Waals surface area (Å²) in [5.41, 5.74) is -1.32. The van der Waals surface area contributed by atoms with Gasteiger partial charge in [-0.1, -0.05) is 12.2 Å². The maximum Gasteiger partial charge on any atom is 0.202 e. The van der Waals surface area contributed by atoms with Crippen molar-refractivity contribution in [3.63, 3.8) is 0 Å². The molecule has 3 N–H and O–H groups in total. The number of carbonyl (C=O) groups is 2. The van der Waals surface area contributed by atoms with Crippen molar-refractivity contribution in [3.05, 3.63) is 85.3 Å². The minimum Gasteiger partial charge on any atom is -0.507 e. The number of hydrogen-bond acceptors (Lipinski definition) is 12. The van der Waals surface area contributed by atoms with Crippen LogP contribution in [-0.2, 0) is 19.8 Å². The molecular formula is C41H50N2O10. The van der Waals surface area contributed by atoms with Gasteiger partial charge in [-0.3, -0.25) is 14.4 Å². The zero-order valence-electron chi connectivity index (χ0n) is 32.0. The van der Waals surface area contributed by atoms with E-state index in [-0.39, 0.29) is 68.5 Å². The van der Waals surface area contributed by atoms with Gasteiger partial charge in [-0.25, -0.2) is 0 Å². The highest BCUT2D eigenvalue weighted by atomic mass is 16.6. The van der Waals surface area contributed by atoms with Crippen molar-refractivity contribution >= 4 is 22.5 Å². The van der Waals surface area contributed by atoms with Crippen molar-refractivity contribution in [1.82, 2.24) is 9.80 Å². The normalized spacial score (nSPS) is 34.3. The second-order valence-corrected chi connectivity index (χ2v) is 16.1. The first-order valence-corrected chi connectivity index (χ1v) is 18.3. The van der Waals surface area contributed by atoms with E-state index in [1.54, 1.807) is 33.8 Å². The Morgan fingerprint density at radius 3 is 2.21 bits per heavy atom. The molecule has 3 aliphatic heterocycles. The van der Waals surface area contributed by atoms with Gasteiger partial charge in [-0.15, -0.1) is 0 Å². The SMILES string of the molecule is C/C=C\C1OC1(C)c1cc(=O)c2c(C)cc3c(c2o1)C(=O)c1c(O)c([C@H]2C[C@](C)(N(C)C)[C@H](O)[C@H](C)O2)cc([C@H]2C[C@@H](N(C)C)[C@H](O)[C@@H](C)O2)c1C3=O. The number of aliphatic hydroxyl groups excluding tert-OH is 2. The standard InChI is InChI=1S/C41H50N2O10/c1-11-12-28-41(6,53-28)29-16-25(44)30-18(2)13-23-32(38(30)52-29)37(48)33-31(36(23)47)21(26-15-24(42(7)8)34(45)19(3)50-26)14-22(35(33)46)27-17-40(5,43(9)10)39(49)20(4)51-27/h11-14,16,19-20,24,26-28,34,39,45-46,49H,15,17H2,1-10H3/b12-11-/t19-,20+,24-,26-,27-,28?,34-,39-,40+,41?/m1/s1. The summed E-state index contributed by atoms with van der Waals surface area (Å²) in [7, 11) is 7.45. The molecule has 0 bridgehead atoms. The number of benzene rings is 2. The van der Waals surface area contributed by atoms with Crippen molar-refractivity contribution < 1.29 is 43.5 Å². The van der Waals surface area contributed by atoms with Crippen molar-refractivity contribution in [3.8, 4) is 5.75 Å². The van der Waals surface area contributed by atoms with Crippen LogP contribution in [0.5, 0.6) is 5.75 Å². The lowest BCUT2D eigenvalue weighted by molar-refractivity contribution is -0.176. The maximum atomic E-state index is 15.1. The van der Waals surface area contributed by atoms with Crippen LogP contribution in [0.1, 0.15) is 114 Å². The molecular weight excluding hydrogens is 680 g/mol. The number of epoxide rings is 1. The minimum atomic E-state index is -0.945. The van der Waals surface area contributed by atoms with Crippen LogP contribution >= 0.6 is 0 Å². The van der Waals surface area contributed by atoms with Crippen molar-refractivity contribution in [2.75, 3.05) is 28.2 Å². The van der Waals surface area contributed by atoms with Gasteiger partial charge in [0.25, 0.3) is 0 Å². The summed E-state index contributed by atoms with van der Waals surface area (Å²) in [6.45, 7) is 10.8. The number of aromatic hydroxyl groups is 1. The lowest BCUT2D eigenvalue weighted by Gasteiger charge is -2.49. The Hall–Kier alpha value is -3.75. The second-order valence-electron chi connectivity index (χ2n) is 16.1. The van der Waals surface area contributed by atoms with Gasteiger partial charge in [0.1, 0.15) is 23.2 Å². The predicted octanol–water partition coefficient (Wildman–Crippen LogP) is 4.44. The summed E-state index contributed by atoms with van der Waals surface area (Å²) in [5.74, 6) is -1.41. The fourth-order valence-electron chi connectivity index (χ4n) is 8.74. The van der Waals surface area contributed by atoms with Crippen LogP contribution in [0.2, 0.25) is 0 Å². The Kier molecular flexibility index (Phi) is 9.17. The van der Waals surface area contributed by atoms with E-state index in [2.05, 4.69) is 0 Å². The number of likely N-dealkylation sites (N-methyl/N-ethyl adjacent to an activating group) is 2. The molecule has 12 nitrogen and oxygen atoms in total. The van der Waals surface area contributed by atoms with E-state index in [1.165, 1.54) is 12.1 Å². The van der Waals surface area contributed by atoms with E-state index < -0.39 is 65.1 Å². The van der Waals surface area contributed by atoms with Gasteiger partial charge in [-0.2, -0.15) is 0 Å². The smallest absolute Gasteiger partial charge is 0.202 e. The first-order chi connectivity index (χ1) is 24.8. The number of nitrogens with zero attached hydrogens (tertiary/aromatic N) is 2. The highest BCUT2D eigenvalue weighted by molar-refractivity contribution is 6.33. The molecule has 1 aromatic heterocycles. The number of fused-ring (bicyclic) bond motifs is 4. The Labute approximate surface area is 308 Å². The molecule has 3 aromatic rings. The lowest BCUT2D eigenvalue weighted by Crippen LogP contribution is -2.59. The van der Waals surface area contributed by atoms with Crippen molar-refractivity contribution in [2.45, 2.75) is 114 Å². The second kappa shape index (κ2) is 12.9. The quantitative estimate of drug-likeness (QED) is 0.189. The number of phenols is 1. The number of phenolic OH excluding ortho intramolecular Hbond substituents is 1. The molecule has 0 saturated carbocycles. The van der Waals surface area contributed by atoms with Crippen molar-refractivity contribution in [2.24, 2.45) is 0 Å². The first kappa shape index (κ1) is 37.6. The van der Waals surface area contributed by atoms with Gasteiger partial charge in [0.05, 0.1) is 53.1 Å². The van der Waals surface area contributed by atoms with Crippen LogP contribution in [0.4, 0.5) is 0 Å². The molecule has 7 rings (SSSR count). The molecule has 3 fully saturated rings. The third-order valence-electron chi connectivity index (χ3n) is 12.3. The van der Waals surface area contributed by atoms with Gasteiger partial charge in [0, 0.05) is 34.3 Å². The van der Waals surface area contributed by atoms with E-state index >= 15 is 4.79 Å². The van der Waals surface area contributed by atoms with Crippen molar-refractivity contribution in [1.29, 1.82) is 0 Å². The van der Waals surface area contributed by atoms with E-state index in [1.807, 2.05) is 64.0 Å². The zero-order chi connectivity index (χ0) is 38.6. The number of ketones is 2. The summed E-state index contributed by atoms with van der Waals surface area (Å²) in [6, 6.07) is 4.26. The number of carbonyl (C=O) groups excluding carboxylic acids is 2. The molecule has 3 saturated heterocycles. The van der Waals surface area contributed by atoms with Crippen LogP contribution < -0.4 is 5.43 Å². The Bertz CT molecular complexity index is 2120. The Morgan fingerprint density at radius 1 is 0.887 bits per heavy atom. The third-order valence-corrected chi connectivity index (χ3v) is 12.3. The van der Waals surface area contributed by atoms with Gasteiger partial charge in [0.2, 0.25) is 5.78 Å². The molecule has 0 radical (unpaired) electrons. The van der Waals surface area contributed by atoms with Crippen LogP contribution in [0, 0.1) is 6.92 Å². The molecule has 1 aliphatic carbocycles. The van der Waals surface area contributed by atoms with E-state index in [9.17, 15) is 24.9 Å². The number of ether oxygens (including phenoxy) is 3. The monoisotopic (exact) mass is 730 g/mol. The fraction of sp³-hybridized carbons (Fsp3) is 0.537. The molecule has 12 heteroatoms. The topological polar surface area (TPSA) is 163 Å². The molecule has 284 valence electrons. The van der Waals surface area contributed by atoms with Crippen LogP contribution in [0.25, 0.3) is 11.0 Å². The molecule has 4 aliphatic rings. The number of rotatable bonds is 6. The number of allylic oxidation sites excluding steroid dienone is 1. The van der Waals surface area contributed by atoms with Gasteiger partial charge < -0.3 is 43.7 Å². The minimum absolute atomic E-state index is 0.00278. The third kappa shape index (κ3) is 5.64. The average Bonchev–Trinajstić information content (AvgIpc) is 3.76. The van der Waals surface area contributed by atoms with E-state index in [4.69, 9.17) is 18.6 Å². The summed E-state index contributed by atoms with van der Waals surface area (Å²) >= 11 is 0. The molecule has 4 heterocycles. The summed E-state index contributed by atoms with van der Waals surface area (Å²) < 4.78 is 25.1. The number of hydrogen-bond donors (Lipinski definition) is 3. The highest BCUT2D eigenvalue weighted by Crippen LogP contribution is 2.51. The van der Waals surface area contributed by atoms with E-state index in [0.717, 1.165) is 0 Å². The van der Waals surface area contributed by atoms with Gasteiger partial charge in [0.15, 0.2) is 16.8 Å². The van der Waals surface area contributed by atoms with Gasteiger partial charge >= 0.3 is 0 Å².